The largest absolute Gasteiger partial charge is 0.435 e. The summed E-state index contributed by atoms with van der Waals surface area (Å²) in [6.45, 7) is 0. The van der Waals surface area contributed by atoms with Crippen LogP contribution in [0, 0.1) is 0 Å². The lowest BCUT2D eigenvalue weighted by Crippen LogP contribution is -2.11. The Balaban J connectivity index is 1.29. The normalized spacial score (nSPS) is 11.6. The first kappa shape index (κ1) is 25.8. The summed E-state index contributed by atoms with van der Waals surface area (Å²) < 4.78 is 9.06. The highest BCUT2D eigenvalue weighted by Gasteiger charge is 2.20. The zero-order chi connectivity index (χ0) is 29.7. The molecule has 0 unspecified atom stereocenters. The van der Waals surface area contributed by atoms with Gasteiger partial charge in [-0.2, -0.15) is 0 Å². The zero-order valence-electron chi connectivity index (χ0n) is 24.2. The van der Waals surface area contributed by atoms with E-state index in [1.165, 1.54) is 25.7 Å². The van der Waals surface area contributed by atoms with E-state index in [0.29, 0.717) is 5.89 Å². The fourth-order valence-electron chi connectivity index (χ4n) is 6.35. The number of oxazole rings is 1. The number of aromatic nitrogens is 1. The topological polar surface area (TPSA) is 29.3 Å². The van der Waals surface area contributed by atoms with Crippen molar-refractivity contribution in [2.24, 2.45) is 0 Å². The minimum absolute atomic E-state index is 0.629. The van der Waals surface area contributed by atoms with Crippen LogP contribution >= 0.6 is 11.3 Å². The summed E-state index contributed by atoms with van der Waals surface area (Å²) in [4.78, 5) is 7.23. The first-order valence-electron chi connectivity index (χ1n) is 15.0. The lowest BCUT2D eigenvalue weighted by Gasteiger charge is -2.28. The number of hydrogen-bond acceptors (Lipinski definition) is 4. The maximum absolute atomic E-state index is 6.47. The van der Waals surface area contributed by atoms with Crippen LogP contribution in [0.1, 0.15) is 0 Å². The molecule has 0 fully saturated rings. The third-order valence-electron chi connectivity index (χ3n) is 8.48. The van der Waals surface area contributed by atoms with Crippen molar-refractivity contribution < 1.29 is 4.42 Å². The highest BCUT2D eigenvalue weighted by atomic mass is 32.1. The average molecular weight is 595 g/mol. The molecule has 9 rings (SSSR count). The van der Waals surface area contributed by atoms with E-state index >= 15 is 0 Å². The third kappa shape index (κ3) is 4.38. The number of para-hydroxylation sites is 1. The summed E-state index contributed by atoms with van der Waals surface area (Å²) in [6, 6.07) is 55.7. The number of benzene rings is 7. The third-order valence-corrected chi connectivity index (χ3v) is 9.63. The molecule has 0 atom stereocenters. The van der Waals surface area contributed by atoms with E-state index in [0.717, 1.165) is 50.1 Å². The van der Waals surface area contributed by atoms with Crippen molar-refractivity contribution in [1.29, 1.82) is 0 Å². The molecule has 0 radical (unpaired) electrons. The van der Waals surface area contributed by atoms with E-state index in [4.69, 9.17) is 9.40 Å². The first-order chi connectivity index (χ1) is 22.3. The average Bonchev–Trinajstić information content (AvgIpc) is 3.72. The van der Waals surface area contributed by atoms with E-state index in [2.05, 4.69) is 126 Å². The van der Waals surface area contributed by atoms with Gasteiger partial charge in [0.05, 0.1) is 5.69 Å². The summed E-state index contributed by atoms with van der Waals surface area (Å²) in [6.07, 6.45) is 0. The molecular weight excluding hydrogens is 569 g/mol. The van der Waals surface area contributed by atoms with Crippen LogP contribution in [0.2, 0.25) is 0 Å². The van der Waals surface area contributed by atoms with Gasteiger partial charge in [0.2, 0.25) is 5.89 Å². The van der Waals surface area contributed by atoms with Gasteiger partial charge in [0.15, 0.2) is 5.58 Å². The van der Waals surface area contributed by atoms with Crippen LogP contribution in [0.25, 0.3) is 64.6 Å². The monoisotopic (exact) mass is 594 g/mol. The van der Waals surface area contributed by atoms with E-state index in [1.54, 1.807) is 0 Å². The van der Waals surface area contributed by atoms with Crippen LogP contribution in [0.3, 0.4) is 0 Å². The van der Waals surface area contributed by atoms with Gasteiger partial charge in [0.25, 0.3) is 0 Å². The number of thiophene rings is 1. The van der Waals surface area contributed by atoms with E-state index < -0.39 is 0 Å². The predicted molar refractivity (Wildman–Crippen MR) is 190 cm³/mol. The molecule has 2 heterocycles. The minimum Gasteiger partial charge on any atom is -0.435 e. The Morgan fingerprint density at radius 3 is 2.00 bits per heavy atom. The number of anilines is 3. The van der Waals surface area contributed by atoms with Gasteiger partial charge in [-0.3, -0.25) is 0 Å². The molecule has 0 amide bonds. The maximum Gasteiger partial charge on any atom is 0.227 e. The molecule has 0 aliphatic carbocycles. The SMILES string of the molecule is c1ccc(-c2nc3ccc4ccc(N(c5ccc6sc7ccccc7c6c5)c5ccccc5-c5ccccc5)cc4c3o2)cc1. The molecule has 0 aliphatic rings. The van der Waals surface area contributed by atoms with Gasteiger partial charge in [0.1, 0.15) is 5.52 Å². The van der Waals surface area contributed by atoms with Crippen LogP contribution in [0.15, 0.2) is 162 Å². The summed E-state index contributed by atoms with van der Waals surface area (Å²) >= 11 is 1.84. The van der Waals surface area contributed by atoms with Gasteiger partial charge in [-0.1, -0.05) is 97.1 Å². The van der Waals surface area contributed by atoms with Crippen molar-refractivity contribution in [1.82, 2.24) is 4.98 Å². The van der Waals surface area contributed by atoms with Crippen molar-refractivity contribution >= 4 is 70.4 Å². The second-order valence-electron chi connectivity index (χ2n) is 11.2. The number of nitrogens with zero attached hydrogens (tertiary/aromatic N) is 2. The highest BCUT2D eigenvalue weighted by molar-refractivity contribution is 7.25. The van der Waals surface area contributed by atoms with Crippen molar-refractivity contribution in [2.45, 2.75) is 0 Å². The Hall–Kier alpha value is -5.71. The minimum atomic E-state index is 0.629. The van der Waals surface area contributed by atoms with E-state index in [1.807, 2.05) is 47.7 Å². The molecule has 0 N–H and O–H groups in total. The molecule has 0 saturated heterocycles. The van der Waals surface area contributed by atoms with Crippen LogP contribution in [0.5, 0.6) is 0 Å². The fraction of sp³-hybridized carbons (Fsp3) is 0. The summed E-state index contributed by atoms with van der Waals surface area (Å²) in [5, 5.41) is 4.69. The maximum atomic E-state index is 6.47. The Labute approximate surface area is 264 Å². The van der Waals surface area contributed by atoms with Crippen LogP contribution in [-0.2, 0) is 0 Å². The zero-order valence-corrected chi connectivity index (χ0v) is 25.0. The molecule has 2 aromatic heterocycles. The van der Waals surface area contributed by atoms with Crippen molar-refractivity contribution in [3.63, 3.8) is 0 Å². The smallest absolute Gasteiger partial charge is 0.227 e. The molecular formula is C41H26N2OS. The molecule has 9 aromatic rings. The summed E-state index contributed by atoms with van der Waals surface area (Å²) in [5.41, 5.74) is 8.20. The Bertz CT molecular complexity index is 2500. The quantitative estimate of drug-likeness (QED) is 0.198. The summed E-state index contributed by atoms with van der Waals surface area (Å²) in [7, 11) is 0. The lowest BCUT2D eigenvalue weighted by molar-refractivity contribution is 0.623. The highest BCUT2D eigenvalue weighted by Crippen LogP contribution is 2.44. The van der Waals surface area contributed by atoms with Gasteiger partial charge < -0.3 is 9.32 Å². The van der Waals surface area contributed by atoms with E-state index in [-0.39, 0.29) is 0 Å². The molecule has 0 bridgehead atoms. The Kier molecular flexibility index (Phi) is 6.00. The van der Waals surface area contributed by atoms with Crippen LogP contribution in [-0.4, -0.2) is 4.98 Å². The van der Waals surface area contributed by atoms with Gasteiger partial charge in [-0.15, -0.1) is 11.3 Å². The van der Waals surface area contributed by atoms with Gasteiger partial charge in [0, 0.05) is 48.1 Å². The number of hydrogen-bond donors (Lipinski definition) is 0. The van der Waals surface area contributed by atoms with Gasteiger partial charge in [-0.05, 0) is 71.6 Å². The predicted octanol–water partition coefficient (Wildman–Crippen LogP) is 12.2. The molecule has 0 aliphatic heterocycles. The summed E-state index contributed by atoms with van der Waals surface area (Å²) in [5.74, 6) is 0.629. The Morgan fingerprint density at radius 1 is 0.511 bits per heavy atom. The molecule has 3 nitrogen and oxygen atoms in total. The molecule has 0 spiro atoms. The van der Waals surface area contributed by atoms with Crippen molar-refractivity contribution in [3.8, 4) is 22.6 Å². The second kappa shape index (κ2) is 10.5. The first-order valence-corrected chi connectivity index (χ1v) is 15.9. The Morgan fingerprint density at radius 2 is 1.16 bits per heavy atom. The number of rotatable bonds is 5. The van der Waals surface area contributed by atoms with Crippen LogP contribution < -0.4 is 4.90 Å². The number of fused-ring (bicyclic) bond motifs is 6. The fourth-order valence-corrected chi connectivity index (χ4v) is 7.43. The van der Waals surface area contributed by atoms with Gasteiger partial charge in [-0.25, -0.2) is 4.98 Å². The van der Waals surface area contributed by atoms with Gasteiger partial charge >= 0.3 is 0 Å². The molecule has 7 aromatic carbocycles. The second-order valence-corrected chi connectivity index (χ2v) is 12.3. The molecule has 45 heavy (non-hydrogen) atoms. The molecule has 4 heteroatoms. The molecule has 212 valence electrons. The van der Waals surface area contributed by atoms with Crippen molar-refractivity contribution in [2.75, 3.05) is 4.90 Å². The van der Waals surface area contributed by atoms with Crippen molar-refractivity contribution in [3.05, 3.63) is 158 Å². The molecule has 0 saturated carbocycles. The standard InChI is InChI=1S/C41H26N2OS/c1-3-11-27(12-4-1)32-15-7-9-17-37(32)43(31-22-24-39-35(26-31)33-16-8-10-18-38(33)45-39)30-21-19-28-20-23-36-40(34(28)25-30)44-41(42-36)29-13-5-2-6-14-29/h1-26H. The van der Waals surface area contributed by atoms with E-state index in [9.17, 15) is 0 Å². The lowest BCUT2D eigenvalue weighted by atomic mass is 10.0. The van der Waals surface area contributed by atoms with Crippen LogP contribution in [0.4, 0.5) is 17.1 Å².